The van der Waals surface area contributed by atoms with E-state index in [4.69, 9.17) is 22.1 Å². The summed E-state index contributed by atoms with van der Waals surface area (Å²) in [7, 11) is 1.49. The van der Waals surface area contributed by atoms with Crippen LogP contribution in [-0.2, 0) is 5.54 Å². The minimum absolute atomic E-state index is 0.245. The third kappa shape index (κ3) is 2.24. The van der Waals surface area contributed by atoms with E-state index in [2.05, 4.69) is 0 Å². The molecule has 2 nitrogen and oxygen atoms in total. The molecule has 0 aliphatic heterocycles. The molecule has 0 bridgehead atoms. The topological polar surface area (TPSA) is 35.2 Å². The van der Waals surface area contributed by atoms with Crippen molar-refractivity contribution in [2.75, 3.05) is 7.11 Å². The molecule has 84 valence electrons. The summed E-state index contributed by atoms with van der Waals surface area (Å²) >= 11 is 5.89. The predicted molar refractivity (Wildman–Crippen MR) is 59.9 cm³/mol. The Morgan fingerprint density at radius 3 is 2.40 bits per heavy atom. The maximum Gasteiger partial charge on any atom is 0.142 e. The van der Waals surface area contributed by atoms with Gasteiger partial charge in [-0.05, 0) is 32.4 Å². The standard InChI is InChI=1S/C11H15ClFNO/c1-6-8(13)5-7(12)10(15-4)9(6)11(2,3)14/h5H,14H2,1-4H3. The van der Waals surface area contributed by atoms with Gasteiger partial charge in [-0.15, -0.1) is 0 Å². The molecule has 0 fully saturated rings. The molecule has 0 unspecified atom stereocenters. The van der Waals surface area contributed by atoms with E-state index in [0.717, 1.165) is 0 Å². The molecule has 0 spiro atoms. The van der Waals surface area contributed by atoms with E-state index in [9.17, 15) is 4.39 Å². The first-order valence-electron chi connectivity index (χ1n) is 4.61. The molecule has 0 saturated carbocycles. The highest BCUT2D eigenvalue weighted by Crippen LogP contribution is 2.38. The van der Waals surface area contributed by atoms with Gasteiger partial charge in [0.2, 0.25) is 0 Å². The van der Waals surface area contributed by atoms with Gasteiger partial charge < -0.3 is 10.5 Å². The lowest BCUT2D eigenvalue weighted by atomic mass is 9.90. The van der Waals surface area contributed by atoms with Crippen molar-refractivity contribution in [2.24, 2.45) is 5.73 Å². The normalized spacial score (nSPS) is 11.7. The van der Waals surface area contributed by atoms with Crippen molar-refractivity contribution >= 4 is 11.6 Å². The first-order valence-corrected chi connectivity index (χ1v) is 4.98. The maximum absolute atomic E-state index is 13.5. The molecule has 0 aliphatic rings. The van der Waals surface area contributed by atoms with Gasteiger partial charge in [-0.2, -0.15) is 0 Å². The van der Waals surface area contributed by atoms with Gasteiger partial charge >= 0.3 is 0 Å². The molecule has 2 N–H and O–H groups in total. The quantitative estimate of drug-likeness (QED) is 0.849. The van der Waals surface area contributed by atoms with Gasteiger partial charge in [0.15, 0.2) is 0 Å². The highest BCUT2D eigenvalue weighted by molar-refractivity contribution is 6.32. The van der Waals surface area contributed by atoms with E-state index in [-0.39, 0.29) is 10.8 Å². The van der Waals surface area contributed by atoms with Gasteiger partial charge in [0, 0.05) is 11.1 Å². The molecule has 1 rings (SSSR count). The van der Waals surface area contributed by atoms with Crippen molar-refractivity contribution in [1.29, 1.82) is 0 Å². The molecule has 15 heavy (non-hydrogen) atoms. The summed E-state index contributed by atoms with van der Waals surface area (Å²) in [5.41, 5.74) is 6.36. The number of rotatable bonds is 2. The fourth-order valence-electron chi connectivity index (χ4n) is 1.67. The second-order valence-electron chi connectivity index (χ2n) is 4.10. The average Bonchev–Trinajstić information content (AvgIpc) is 2.08. The lowest BCUT2D eigenvalue weighted by molar-refractivity contribution is 0.391. The minimum atomic E-state index is -0.693. The Bertz CT molecular complexity index is 385. The van der Waals surface area contributed by atoms with Crippen LogP contribution in [0.15, 0.2) is 6.07 Å². The van der Waals surface area contributed by atoms with Crippen molar-refractivity contribution in [3.05, 3.63) is 28.0 Å². The molecule has 0 heterocycles. The zero-order chi connectivity index (χ0) is 11.8. The van der Waals surface area contributed by atoms with E-state index in [1.54, 1.807) is 20.8 Å². The Labute approximate surface area is 94.2 Å². The monoisotopic (exact) mass is 231 g/mol. The number of halogens is 2. The van der Waals surface area contributed by atoms with E-state index in [1.165, 1.54) is 13.2 Å². The highest BCUT2D eigenvalue weighted by atomic mass is 35.5. The molecule has 4 heteroatoms. The molecule has 0 radical (unpaired) electrons. The van der Waals surface area contributed by atoms with E-state index >= 15 is 0 Å². The van der Waals surface area contributed by atoms with Crippen molar-refractivity contribution in [2.45, 2.75) is 26.3 Å². The zero-order valence-electron chi connectivity index (χ0n) is 9.32. The van der Waals surface area contributed by atoms with Crippen LogP contribution in [0, 0.1) is 12.7 Å². The number of methoxy groups -OCH3 is 1. The molecule has 0 atom stereocenters. The largest absolute Gasteiger partial charge is 0.495 e. The van der Waals surface area contributed by atoms with Gasteiger partial charge in [-0.25, -0.2) is 4.39 Å². The fourth-order valence-corrected chi connectivity index (χ4v) is 1.94. The summed E-state index contributed by atoms with van der Waals surface area (Å²) in [6.07, 6.45) is 0. The summed E-state index contributed by atoms with van der Waals surface area (Å²) in [6, 6.07) is 1.24. The van der Waals surface area contributed by atoms with Crippen molar-refractivity contribution in [3.8, 4) is 5.75 Å². The number of hydrogen-bond acceptors (Lipinski definition) is 2. The lowest BCUT2D eigenvalue weighted by Gasteiger charge is -2.25. The second-order valence-corrected chi connectivity index (χ2v) is 4.50. The molecule has 1 aromatic rings. The van der Waals surface area contributed by atoms with Crippen molar-refractivity contribution in [1.82, 2.24) is 0 Å². The molecule has 1 aromatic carbocycles. The number of ether oxygens (including phenoxy) is 1. The number of hydrogen-bond donors (Lipinski definition) is 1. The van der Waals surface area contributed by atoms with Crippen LogP contribution in [0.1, 0.15) is 25.0 Å². The third-order valence-corrected chi connectivity index (χ3v) is 2.56. The van der Waals surface area contributed by atoms with Crippen LogP contribution < -0.4 is 10.5 Å². The molecule has 0 aliphatic carbocycles. The highest BCUT2D eigenvalue weighted by Gasteiger charge is 2.25. The van der Waals surface area contributed by atoms with Crippen LogP contribution in [0.25, 0.3) is 0 Å². The van der Waals surface area contributed by atoms with Crippen molar-refractivity contribution in [3.63, 3.8) is 0 Å². The van der Waals surface area contributed by atoms with Gasteiger partial charge in [0.1, 0.15) is 11.6 Å². The Balaban J connectivity index is 3.59. The summed E-state index contributed by atoms with van der Waals surface area (Å²) in [4.78, 5) is 0. The lowest BCUT2D eigenvalue weighted by Crippen LogP contribution is -2.30. The predicted octanol–water partition coefficient (Wildman–Crippen LogP) is 2.99. The van der Waals surface area contributed by atoms with E-state index in [0.29, 0.717) is 16.9 Å². The van der Waals surface area contributed by atoms with Crippen LogP contribution in [0.4, 0.5) is 4.39 Å². The first-order chi connectivity index (χ1) is 6.79. The number of nitrogens with two attached hydrogens (primary N) is 1. The molecule has 0 saturated heterocycles. The van der Waals surface area contributed by atoms with Crippen LogP contribution >= 0.6 is 11.6 Å². The summed E-state index contributed by atoms with van der Waals surface area (Å²) in [5, 5.41) is 0.245. The molecule has 0 aromatic heterocycles. The van der Waals surface area contributed by atoms with Gasteiger partial charge in [0.25, 0.3) is 0 Å². The Kier molecular flexibility index (Phi) is 3.26. The average molecular weight is 232 g/mol. The summed E-state index contributed by atoms with van der Waals surface area (Å²) in [5.74, 6) is 0.0809. The van der Waals surface area contributed by atoms with Gasteiger partial charge in [0.05, 0.1) is 12.1 Å². The van der Waals surface area contributed by atoms with Crippen molar-refractivity contribution < 1.29 is 9.13 Å². The molecule has 0 amide bonds. The first kappa shape index (κ1) is 12.3. The summed E-state index contributed by atoms with van der Waals surface area (Å²) in [6.45, 7) is 5.24. The number of benzene rings is 1. The SMILES string of the molecule is COc1c(Cl)cc(F)c(C)c1C(C)(C)N. The summed E-state index contributed by atoms with van der Waals surface area (Å²) < 4.78 is 18.7. The molecular formula is C11H15ClFNO. The minimum Gasteiger partial charge on any atom is -0.495 e. The second kappa shape index (κ2) is 3.99. The van der Waals surface area contributed by atoms with Crippen LogP contribution in [0.5, 0.6) is 5.75 Å². The van der Waals surface area contributed by atoms with Crippen LogP contribution in [-0.4, -0.2) is 7.11 Å². The Hall–Kier alpha value is -0.800. The Morgan fingerprint density at radius 1 is 1.47 bits per heavy atom. The zero-order valence-corrected chi connectivity index (χ0v) is 10.1. The van der Waals surface area contributed by atoms with E-state index < -0.39 is 5.54 Å². The van der Waals surface area contributed by atoms with Crippen LogP contribution in [0.3, 0.4) is 0 Å². The van der Waals surface area contributed by atoms with Gasteiger partial charge in [-0.1, -0.05) is 11.6 Å². The van der Waals surface area contributed by atoms with Crippen LogP contribution in [0.2, 0.25) is 5.02 Å². The molecular weight excluding hydrogens is 217 g/mol. The fraction of sp³-hybridized carbons (Fsp3) is 0.455. The smallest absolute Gasteiger partial charge is 0.142 e. The van der Waals surface area contributed by atoms with E-state index in [1.807, 2.05) is 0 Å². The maximum atomic E-state index is 13.5. The third-order valence-electron chi connectivity index (χ3n) is 2.28. The Morgan fingerprint density at radius 2 is 2.00 bits per heavy atom. The van der Waals surface area contributed by atoms with Gasteiger partial charge in [-0.3, -0.25) is 0 Å².